The molecule has 6 nitrogen and oxygen atoms in total. The molecule has 6 heteroatoms. The molecule has 0 aromatic heterocycles. The van der Waals surface area contributed by atoms with Crippen LogP contribution in [0.5, 0.6) is 5.75 Å². The Morgan fingerprint density at radius 1 is 1.17 bits per heavy atom. The maximum Gasteiger partial charge on any atom is 0.343 e. The summed E-state index contributed by atoms with van der Waals surface area (Å²) in [6.45, 7) is 1.97. The van der Waals surface area contributed by atoms with Gasteiger partial charge in [-0.15, -0.1) is 0 Å². The molecular weight excluding hydrogens is 444 g/mol. The van der Waals surface area contributed by atoms with E-state index in [2.05, 4.69) is 11.7 Å². The summed E-state index contributed by atoms with van der Waals surface area (Å²) in [6, 6.07) is 15.2. The monoisotopic (exact) mass is 480 g/mol. The highest BCUT2D eigenvalue weighted by Gasteiger charge is 2.45. The molecule has 2 aromatic rings. The number of rotatable bonds is 10. The van der Waals surface area contributed by atoms with Gasteiger partial charge < -0.3 is 19.7 Å². The van der Waals surface area contributed by atoms with Crippen LogP contribution in [0.1, 0.15) is 74.2 Å². The quantitative estimate of drug-likeness (QED) is 0.486. The summed E-state index contributed by atoms with van der Waals surface area (Å²) < 4.78 is 10.1. The third kappa shape index (κ3) is 5.44. The van der Waals surface area contributed by atoms with Crippen molar-refractivity contribution in [2.24, 2.45) is 11.3 Å². The number of esters is 1. The molecule has 0 amide bonds. The van der Waals surface area contributed by atoms with Gasteiger partial charge in [-0.3, -0.25) is 4.79 Å². The lowest BCUT2D eigenvalue weighted by Gasteiger charge is -2.46. The number of Topliss-reactive ketones (excluding diaryl/α,β-unsaturated/α-hetero) is 1. The molecule has 0 bridgehead atoms. The Morgan fingerprint density at radius 3 is 2.63 bits per heavy atom. The van der Waals surface area contributed by atoms with Crippen LogP contribution in [0.3, 0.4) is 0 Å². The minimum Gasteiger partial charge on any atom is -0.482 e. The first kappa shape index (κ1) is 25.4. The molecule has 2 aliphatic carbocycles. The van der Waals surface area contributed by atoms with Crippen LogP contribution in [0.4, 0.5) is 0 Å². The molecule has 4 atom stereocenters. The van der Waals surface area contributed by atoms with Crippen LogP contribution in [0.2, 0.25) is 0 Å². The second-order valence-corrected chi connectivity index (χ2v) is 10.1. The van der Waals surface area contributed by atoms with E-state index >= 15 is 0 Å². The SMILES string of the molecule is CCCC1([C@H](O)c2cccc([C@@H]3C(Cc4cccc(OCC(=O)OC)c4)C(=O)C[C@H]3O)c2)CCC1. The summed E-state index contributed by atoms with van der Waals surface area (Å²) in [4.78, 5) is 24.3. The summed E-state index contributed by atoms with van der Waals surface area (Å²) in [5.41, 5.74) is 2.62. The lowest BCUT2D eigenvalue weighted by atomic mass is 9.61. The van der Waals surface area contributed by atoms with E-state index in [1.54, 1.807) is 6.07 Å². The Balaban J connectivity index is 1.54. The van der Waals surface area contributed by atoms with Crippen molar-refractivity contribution in [1.29, 1.82) is 0 Å². The fourth-order valence-corrected chi connectivity index (χ4v) is 5.94. The maximum atomic E-state index is 12.9. The van der Waals surface area contributed by atoms with Crippen LogP contribution < -0.4 is 4.74 Å². The van der Waals surface area contributed by atoms with E-state index < -0.39 is 18.2 Å². The number of carbonyl (C=O) groups excluding carboxylic acids is 2. The third-order valence-corrected chi connectivity index (χ3v) is 7.90. The van der Waals surface area contributed by atoms with Gasteiger partial charge in [0.15, 0.2) is 6.61 Å². The predicted octanol–water partition coefficient (Wildman–Crippen LogP) is 4.52. The first-order valence-electron chi connectivity index (χ1n) is 12.6. The Morgan fingerprint density at radius 2 is 1.94 bits per heavy atom. The first-order valence-corrected chi connectivity index (χ1v) is 12.6. The number of carbonyl (C=O) groups is 2. The van der Waals surface area contributed by atoms with Gasteiger partial charge in [0.2, 0.25) is 0 Å². The highest BCUT2D eigenvalue weighted by molar-refractivity contribution is 5.85. The largest absolute Gasteiger partial charge is 0.482 e. The molecule has 0 saturated heterocycles. The van der Waals surface area contributed by atoms with Gasteiger partial charge in [0, 0.05) is 23.7 Å². The highest BCUT2D eigenvalue weighted by Crippen LogP contribution is 2.53. The number of ketones is 1. The van der Waals surface area contributed by atoms with Gasteiger partial charge in [-0.05, 0) is 54.5 Å². The van der Waals surface area contributed by atoms with Crippen LogP contribution in [0.25, 0.3) is 0 Å². The minimum absolute atomic E-state index is 0.0378. The van der Waals surface area contributed by atoms with Crippen LogP contribution in [-0.4, -0.2) is 41.8 Å². The van der Waals surface area contributed by atoms with E-state index in [1.807, 2.05) is 42.5 Å². The molecule has 2 fully saturated rings. The third-order valence-electron chi connectivity index (χ3n) is 7.90. The zero-order valence-corrected chi connectivity index (χ0v) is 20.6. The molecule has 2 aromatic carbocycles. The van der Waals surface area contributed by atoms with Crippen molar-refractivity contribution in [3.05, 3.63) is 65.2 Å². The Kier molecular flexibility index (Phi) is 7.92. The average molecular weight is 481 g/mol. The summed E-state index contributed by atoms with van der Waals surface area (Å²) in [6.07, 6.45) is 4.55. The number of ether oxygens (including phenoxy) is 2. The number of hydrogen-bond acceptors (Lipinski definition) is 6. The summed E-state index contributed by atoms with van der Waals surface area (Å²) >= 11 is 0. The van der Waals surface area contributed by atoms with Crippen LogP contribution in [-0.2, 0) is 20.7 Å². The van der Waals surface area contributed by atoms with Crippen molar-refractivity contribution in [2.45, 2.75) is 70.0 Å². The molecule has 0 radical (unpaired) electrons. The molecule has 35 heavy (non-hydrogen) atoms. The van der Waals surface area contributed by atoms with Crippen molar-refractivity contribution < 1.29 is 29.3 Å². The lowest BCUT2D eigenvalue weighted by molar-refractivity contribution is -0.142. The second kappa shape index (κ2) is 10.9. The van der Waals surface area contributed by atoms with Crippen molar-refractivity contribution in [1.82, 2.24) is 0 Å². The molecule has 0 heterocycles. The molecule has 0 aliphatic heterocycles. The van der Waals surface area contributed by atoms with E-state index in [9.17, 15) is 19.8 Å². The fourth-order valence-electron chi connectivity index (χ4n) is 5.94. The number of aliphatic hydroxyl groups is 2. The summed E-state index contributed by atoms with van der Waals surface area (Å²) in [5, 5.41) is 22.1. The Hall–Kier alpha value is -2.70. The molecule has 2 N–H and O–H groups in total. The average Bonchev–Trinajstić information content (AvgIpc) is 3.12. The van der Waals surface area contributed by atoms with Crippen molar-refractivity contribution >= 4 is 11.8 Å². The molecule has 2 saturated carbocycles. The molecule has 0 spiro atoms. The van der Waals surface area contributed by atoms with E-state index in [1.165, 1.54) is 7.11 Å². The number of hydrogen-bond donors (Lipinski definition) is 2. The van der Waals surface area contributed by atoms with Gasteiger partial charge in [-0.25, -0.2) is 4.79 Å². The van der Waals surface area contributed by atoms with Crippen LogP contribution >= 0.6 is 0 Å². The number of benzene rings is 2. The van der Waals surface area contributed by atoms with E-state index in [0.29, 0.717) is 12.2 Å². The smallest absolute Gasteiger partial charge is 0.343 e. The van der Waals surface area contributed by atoms with Gasteiger partial charge in [-0.2, -0.15) is 0 Å². The predicted molar refractivity (Wildman–Crippen MR) is 132 cm³/mol. The number of aliphatic hydroxyl groups excluding tert-OH is 2. The summed E-state index contributed by atoms with van der Waals surface area (Å²) in [5.74, 6) is -0.605. The van der Waals surface area contributed by atoms with Crippen molar-refractivity contribution in [2.75, 3.05) is 13.7 Å². The maximum absolute atomic E-state index is 12.9. The van der Waals surface area contributed by atoms with Gasteiger partial charge in [0.1, 0.15) is 11.5 Å². The highest BCUT2D eigenvalue weighted by atomic mass is 16.6. The standard InChI is InChI=1S/C29H36O6/c1-3-11-29(12-6-13-29)28(33)21-9-5-8-20(16-21)27-23(24(30)17-25(27)31)15-19-7-4-10-22(14-19)35-18-26(32)34-2/h4-5,7-10,14,16,23,25,27-28,31,33H,3,6,11-13,15,17-18H2,1-2H3/t23?,25-,27-,28-/m1/s1. The first-order chi connectivity index (χ1) is 16.9. The summed E-state index contributed by atoms with van der Waals surface area (Å²) in [7, 11) is 1.31. The van der Waals surface area contributed by atoms with Crippen molar-refractivity contribution in [3.8, 4) is 5.75 Å². The molecule has 1 unspecified atom stereocenters. The van der Waals surface area contributed by atoms with E-state index in [-0.39, 0.29) is 36.1 Å². The second-order valence-electron chi connectivity index (χ2n) is 10.1. The van der Waals surface area contributed by atoms with Crippen LogP contribution in [0.15, 0.2) is 48.5 Å². The van der Waals surface area contributed by atoms with Gasteiger partial charge >= 0.3 is 5.97 Å². The zero-order valence-electron chi connectivity index (χ0n) is 20.6. The normalized spacial score (nSPS) is 24.0. The number of methoxy groups -OCH3 is 1. The minimum atomic E-state index is -0.757. The zero-order chi connectivity index (χ0) is 25.0. The van der Waals surface area contributed by atoms with E-state index in [0.717, 1.165) is 48.8 Å². The molecule has 2 aliphatic rings. The molecule has 4 rings (SSSR count). The fraction of sp³-hybridized carbons (Fsp3) is 0.517. The Labute approximate surface area is 207 Å². The molecule has 188 valence electrons. The van der Waals surface area contributed by atoms with Crippen LogP contribution in [0, 0.1) is 11.3 Å². The van der Waals surface area contributed by atoms with Crippen molar-refractivity contribution in [3.63, 3.8) is 0 Å². The van der Waals surface area contributed by atoms with Gasteiger partial charge in [0.25, 0.3) is 0 Å². The van der Waals surface area contributed by atoms with Gasteiger partial charge in [0.05, 0.1) is 19.3 Å². The lowest BCUT2D eigenvalue weighted by Crippen LogP contribution is -2.36. The molecular formula is C29H36O6. The Bertz CT molecular complexity index is 1040. The van der Waals surface area contributed by atoms with Gasteiger partial charge in [-0.1, -0.05) is 56.2 Å². The topological polar surface area (TPSA) is 93.1 Å². The van der Waals surface area contributed by atoms with E-state index in [4.69, 9.17) is 4.74 Å².